The van der Waals surface area contributed by atoms with E-state index in [-0.39, 0.29) is 12.7 Å². The zero-order valence-corrected chi connectivity index (χ0v) is 19.0. The summed E-state index contributed by atoms with van der Waals surface area (Å²) in [5.41, 5.74) is 2.93. The van der Waals surface area contributed by atoms with Gasteiger partial charge in [-0.2, -0.15) is 4.98 Å². The summed E-state index contributed by atoms with van der Waals surface area (Å²) in [4.78, 5) is 13.9. The number of hydrogen-bond acceptors (Lipinski definition) is 7. The first-order valence-corrected chi connectivity index (χ1v) is 11.9. The van der Waals surface area contributed by atoms with Crippen LogP contribution in [-0.4, -0.2) is 39.4 Å². The van der Waals surface area contributed by atoms with Crippen LogP contribution in [0.2, 0.25) is 0 Å². The fourth-order valence-electron chi connectivity index (χ4n) is 4.09. The number of aliphatic hydroxyl groups excluding tert-OH is 2. The van der Waals surface area contributed by atoms with Gasteiger partial charge in [-0.05, 0) is 41.8 Å². The smallest absolute Gasteiger partial charge is 0.225 e. The number of aliphatic hydroxyl groups is 2. The molecule has 33 heavy (non-hydrogen) atoms. The van der Waals surface area contributed by atoms with Gasteiger partial charge in [-0.1, -0.05) is 60.3 Å². The van der Waals surface area contributed by atoms with Crippen LogP contribution < -0.4 is 10.2 Å². The molecule has 5 rings (SSSR count). The molecule has 3 aromatic carbocycles. The maximum atomic E-state index is 10.0. The summed E-state index contributed by atoms with van der Waals surface area (Å²) in [5.74, 6) is 1.43. The molecule has 0 bridgehead atoms. The van der Waals surface area contributed by atoms with Gasteiger partial charge in [0.05, 0.1) is 18.2 Å². The molecular formula is C26H26N4O2S. The molecule has 2 heterocycles. The van der Waals surface area contributed by atoms with Crippen molar-refractivity contribution >= 4 is 34.4 Å². The maximum Gasteiger partial charge on any atom is 0.225 e. The van der Waals surface area contributed by atoms with Gasteiger partial charge in [0, 0.05) is 34.8 Å². The minimum atomic E-state index is -0.319. The number of nitrogens with one attached hydrogen (secondary N) is 1. The van der Waals surface area contributed by atoms with Gasteiger partial charge in [0.15, 0.2) is 0 Å². The normalized spacial score (nSPS) is 15.8. The third-order valence-corrected chi connectivity index (χ3v) is 7.05. The number of aromatic nitrogens is 2. The molecule has 3 N–H and O–H groups in total. The number of hydrogen-bond donors (Lipinski definition) is 3. The van der Waals surface area contributed by atoms with Gasteiger partial charge in [0.2, 0.25) is 5.95 Å². The highest BCUT2D eigenvalue weighted by atomic mass is 32.2. The summed E-state index contributed by atoms with van der Waals surface area (Å²) >= 11 is 1.65. The lowest BCUT2D eigenvalue weighted by molar-refractivity contribution is 0.198. The summed E-state index contributed by atoms with van der Waals surface area (Å²) < 4.78 is 0. The topological polar surface area (TPSA) is 81.5 Å². The first-order valence-electron chi connectivity index (χ1n) is 11.1. The van der Waals surface area contributed by atoms with E-state index in [2.05, 4.69) is 22.3 Å². The lowest BCUT2D eigenvalue weighted by atomic mass is 10.2. The molecule has 0 spiro atoms. The van der Waals surface area contributed by atoms with Crippen molar-refractivity contribution in [3.63, 3.8) is 0 Å². The number of para-hydroxylation sites is 1. The largest absolute Gasteiger partial charge is 0.392 e. The van der Waals surface area contributed by atoms with Crippen molar-refractivity contribution < 1.29 is 10.2 Å². The Morgan fingerprint density at radius 2 is 1.61 bits per heavy atom. The number of benzene rings is 3. The van der Waals surface area contributed by atoms with Crippen molar-refractivity contribution in [2.45, 2.75) is 35.5 Å². The average molecular weight is 459 g/mol. The Bertz CT molecular complexity index is 1270. The molecule has 0 amide bonds. The molecule has 1 aliphatic rings. The van der Waals surface area contributed by atoms with Gasteiger partial charge in [-0.25, -0.2) is 4.98 Å². The monoisotopic (exact) mass is 458 g/mol. The van der Waals surface area contributed by atoms with Gasteiger partial charge in [-0.15, -0.1) is 0 Å². The van der Waals surface area contributed by atoms with Crippen LogP contribution in [0, 0.1) is 0 Å². The molecule has 0 saturated carbocycles. The number of rotatable bonds is 7. The highest BCUT2D eigenvalue weighted by Gasteiger charge is 2.23. The van der Waals surface area contributed by atoms with Crippen molar-refractivity contribution in [2.75, 3.05) is 23.3 Å². The van der Waals surface area contributed by atoms with E-state index in [1.165, 1.54) is 0 Å². The van der Waals surface area contributed by atoms with Crippen LogP contribution in [0.15, 0.2) is 82.6 Å². The third kappa shape index (κ3) is 4.80. The number of anilines is 2. The van der Waals surface area contributed by atoms with Crippen molar-refractivity contribution in [1.82, 2.24) is 9.97 Å². The number of fused-ring (bicyclic) bond motifs is 1. The Morgan fingerprint density at radius 1 is 0.909 bits per heavy atom. The van der Waals surface area contributed by atoms with E-state index in [1.807, 2.05) is 60.7 Å². The van der Waals surface area contributed by atoms with E-state index in [1.54, 1.807) is 11.8 Å². The molecule has 1 aliphatic heterocycles. The van der Waals surface area contributed by atoms with Crippen molar-refractivity contribution in [3.05, 3.63) is 83.9 Å². The first-order chi connectivity index (χ1) is 16.2. The predicted octanol–water partition coefficient (Wildman–Crippen LogP) is 4.46. The lowest BCUT2D eigenvalue weighted by Crippen LogP contribution is -2.23. The lowest BCUT2D eigenvalue weighted by Gasteiger charge is -2.20. The second-order valence-corrected chi connectivity index (χ2v) is 9.19. The van der Waals surface area contributed by atoms with Crippen LogP contribution in [0.4, 0.5) is 11.8 Å². The molecule has 168 valence electrons. The summed E-state index contributed by atoms with van der Waals surface area (Å²) in [6.07, 6.45) is 0.432. The molecule has 0 aliphatic carbocycles. The van der Waals surface area contributed by atoms with Gasteiger partial charge < -0.3 is 20.4 Å². The van der Waals surface area contributed by atoms with E-state index < -0.39 is 0 Å². The second kappa shape index (κ2) is 9.79. The maximum absolute atomic E-state index is 10.0. The molecule has 1 atom stereocenters. The van der Waals surface area contributed by atoms with Crippen molar-refractivity contribution in [1.29, 1.82) is 0 Å². The minimum Gasteiger partial charge on any atom is -0.392 e. The van der Waals surface area contributed by atoms with E-state index in [0.717, 1.165) is 50.6 Å². The molecule has 0 unspecified atom stereocenters. The molecule has 1 fully saturated rings. The van der Waals surface area contributed by atoms with Gasteiger partial charge in [-0.3, -0.25) is 0 Å². The Hall–Kier alpha value is -3.13. The van der Waals surface area contributed by atoms with Gasteiger partial charge in [0.25, 0.3) is 0 Å². The summed E-state index contributed by atoms with van der Waals surface area (Å²) in [5, 5.41) is 24.1. The Balaban J connectivity index is 1.41. The van der Waals surface area contributed by atoms with Gasteiger partial charge >= 0.3 is 0 Å². The zero-order chi connectivity index (χ0) is 22.6. The van der Waals surface area contributed by atoms with E-state index >= 15 is 0 Å². The minimum absolute atomic E-state index is 0.0164. The quantitative estimate of drug-likeness (QED) is 0.377. The van der Waals surface area contributed by atoms with Crippen LogP contribution in [0.3, 0.4) is 0 Å². The molecular weight excluding hydrogens is 432 g/mol. The van der Waals surface area contributed by atoms with Crippen LogP contribution in [0.1, 0.15) is 17.5 Å². The Morgan fingerprint density at radius 3 is 2.36 bits per heavy atom. The van der Waals surface area contributed by atoms with Crippen LogP contribution in [-0.2, 0) is 13.2 Å². The Kier molecular flexibility index (Phi) is 6.44. The standard InChI is InChI=1S/C26H26N4O2S/c31-17-19-8-2-6-12-24(19)33-23-11-5-1-7-18(23)15-27-26-28-22-10-4-3-9-21(22)25(29-26)30-14-13-20(32)16-30/h1-12,20,31-32H,13-17H2,(H,27,28,29)/t20-/m1/s1. The van der Waals surface area contributed by atoms with E-state index in [9.17, 15) is 10.2 Å². The molecule has 7 heteroatoms. The highest BCUT2D eigenvalue weighted by molar-refractivity contribution is 7.99. The SMILES string of the molecule is OCc1ccccc1Sc1ccccc1CNc1nc(N2CC[C@@H](O)C2)c2ccccc2n1. The van der Waals surface area contributed by atoms with Gasteiger partial charge in [0.1, 0.15) is 5.82 Å². The van der Waals surface area contributed by atoms with Crippen molar-refractivity contribution in [3.8, 4) is 0 Å². The third-order valence-electron chi connectivity index (χ3n) is 5.82. The highest BCUT2D eigenvalue weighted by Crippen LogP contribution is 2.33. The van der Waals surface area contributed by atoms with E-state index in [0.29, 0.717) is 19.0 Å². The van der Waals surface area contributed by atoms with Crippen LogP contribution in [0.5, 0.6) is 0 Å². The van der Waals surface area contributed by atoms with Crippen LogP contribution >= 0.6 is 11.8 Å². The molecule has 1 saturated heterocycles. The molecule has 4 aromatic rings. The first kappa shape index (κ1) is 21.7. The molecule has 0 radical (unpaired) electrons. The number of nitrogens with zero attached hydrogens (tertiary/aromatic N) is 3. The summed E-state index contributed by atoms with van der Waals surface area (Å²) in [6, 6.07) is 24.1. The fraction of sp³-hybridized carbons (Fsp3) is 0.231. The van der Waals surface area contributed by atoms with E-state index in [4.69, 9.17) is 9.97 Å². The van der Waals surface area contributed by atoms with Crippen molar-refractivity contribution in [2.24, 2.45) is 0 Å². The number of β-amino-alcohol motifs (C(OH)–C–C–N with tert-alkyl or cyclic N) is 1. The summed E-state index contributed by atoms with van der Waals surface area (Å²) in [7, 11) is 0. The average Bonchev–Trinajstić information content (AvgIpc) is 3.29. The van der Waals surface area contributed by atoms with Crippen LogP contribution in [0.25, 0.3) is 10.9 Å². The molecule has 6 nitrogen and oxygen atoms in total. The zero-order valence-electron chi connectivity index (χ0n) is 18.2. The fourth-order valence-corrected chi connectivity index (χ4v) is 5.16. The summed E-state index contributed by atoms with van der Waals surface area (Å²) in [6.45, 7) is 1.96. The predicted molar refractivity (Wildman–Crippen MR) is 133 cm³/mol. The Labute approximate surface area is 197 Å². The molecule has 1 aromatic heterocycles. The second-order valence-electron chi connectivity index (χ2n) is 8.11.